The van der Waals surface area contributed by atoms with Crippen molar-refractivity contribution in [3.8, 4) is 0 Å². The van der Waals surface area contributed by atoms with E-state index >= 15 is 0 Å². The van der Waals surface area contributed by atoms with E-state index in [-0.39, 0.29) is 5.82 Å². The fraction of sp³-hybridized carbons (Fsp3) is 0.333. The summed E-state index contributed by atoms with van der Waals surface area (Å²) < 4.78 is 13.1. The van der Waals surface area contributed by atoms with Gasteiger partial charge >= 0.3 is 0 Å². The molecule has 0 aliphatic heterocycles. The lowest BCUT2D eigenvalue weighted by molar-refractivity contribution is 0.158. The zero-order valence-electron chi connectivity index (χ0n) is 6.50. The molecule has 1 aromatic rings. The van der Waals surface area contributed by atoms with Crippen molar-refractivity contribution in [3.05, 3.63) is 35.1 Å². The average Bonchev–Trinajstić information content (AvgIpc) is 2.32. The molecule has 0 radical (unpaired) electrons. The van der Waals surface area contributed by atoms with E-state index in [4.69, 9.17) is 5.73 Å². The zero-order chi connectivity index (χ0) is 8.72. The topological polar surface area (TPSA) is 46.2 Å². The third-order valence-electron chi connectivity index (χ3n) is 2.34. The van der Waals surface area contributed by atoms with Gasteiger partial charge in [0, 0.05) is 6.42 Å². The third kappa shape index (κ3) is 0.940. The molecule has 0 heterocycles. The number of rotatable bonds is 0. The maximum atomic E-state index is 13.1. The molecule has 64 valence electrons. The number of fused-ring (bicyclic) bond motifs is 1. The molecule has 0 bridgehead atoms. The van der Waals surface area contributed by atoms with Crippen LogP contribution in [-0.4, -0.2) is 11.2 Å². The summed E-state index contributed by atoms with van der Waals surface area (Å²) in [7, 11) is 0. The van der Waals surface area contributed by atoms with Crippen LogP contribution in [0.25, 0.3) is 0 Å². The first-order valence-electron chi connectivity index (χ1n) is 3.91. The van der Waals surface area contributed by atoms with Gasteiger partial charge in [0.2, 0.25) is 0 Å². The molecule has 3 N–H and O–H groups in total. The fourth-order valence-corrected chi connectivity index (χ4v) is 1.65. The molecule has 0 fully saturated rings. The SMILES string of the molecule is NC1c2cccc(F)c2CC1O. The van der Waals surface area contributed by atoms with Crippen molar-refractivity contribution in [1.29, 1.82) is 0 Å². The number of hydrogen-bond donors (Lipinski definition) is 2. The van der Waals surface area contributed by atoms with E-state index in [0.717, 1.165) is 5.56 Å². The van der Waals surface area contributed by atoms with Gasteiger partial charge in [0.25, 0.3) is 0 Å². The van der Waals surface area contributed by atoms with Crippen LogP contribution >= 0.6 is 0 Å². The van der Waals surface area contributed by atoms with Crippen molar-refractivity contribution in [3.63, 3.8) is 0 Å². The molecule has 1 aromatic carbocycles. The second-order valence-electron chi connectivity index (χ2n) is 3.10. The van der Waals surface area contributed by atoms with Crippen LogP contribution in [0.3, 0.4) is 0 Å². The predicted molar refractivity (Wildman–Crippen MR) is 43.0 cm³/mol. The Kier molecular flexibility index (Phi) is 1.63. The molecule has 1 aliphatic carbocycles. The minimum atomic E-state index is -0.628. The minimum Gasteiger partial charge on any atom is -0.391 e. The van der Waals surface area contributed by atoms with Gasteiger partial charge in [0.15, 0.2) is 0 Å². The largest absolute Gasteiger partial charge is 0.391 e. The summed E-state index contributed by atoms with van der Waals surface area (Å²) in [4.78, 5) is 0. The molecule has 1 aliphatic rings. The van der Waals surface area contributed by atoms with E-state index < -0.39 is 12.1 Å². The fourth-order valence-electron chi connectivity index (χ4n) is 1.65. The Balaban J connectivity index is 2.53. The van der Waals surface area contributed by atoms with Gasteiger partial charge < -0.3 is 10.8 Å². The van der Waals surface area contributed by atoms with E-state index in [1.54, 1.807) is 12.1 Å². The summed E-state index contributed by atoms with van der Waals surface area (Å²) in [6, 6.07) is 4.35. The molecular formula is C9H10FNO. The van der Waals surface area contributed by atoms with Crippen LogP contribution in [0.4, 0.5) is 4.39 Å². The molecule has 0 aromatic heterocycles. The van der Waals surface area contributed by atoms with E-state index in [9.17, 15) is 9.50 Å². The monoisotopic (exact) mass is 167 g/mol. The number of benzene rings is 1. The second-order valence-corrected chi connectivity index (χ2v) is 3.10. The van der Waals surface area contributed by atoms with Crippen LogP contribution in [0.2, 0.25) is 0 Å². The summed E-state index contributed by atoms with van der Waals surface area (Å²) in [5.74, 6) is -0.264. The first kappa shape index (κ1) is 7.71. The van der Waals surface area contributed by atoms with Crippen LogP contribution in [0.1, 0.15) is 17.2 Å². The maximum absolute atomic E-state index is 13.1. The van der Waals surface area contributed by atoms with Crippen LogP contribution in [-0.2, 0) is 6.42 Å². The summed E-state index contributed by atoms with van der Waals surface area (Å²) in [5.41, 5.74) is 6.95. The van der Waals surface area contributed by atoms with Crippen LogP contribution < -0.4 is 5.73 Å². The maximum Gasteiger partial charge on any atom is 0.126 e. The minimum absolute atomic E-state index is 0.264. The van der Waals surface area contributed by atoms with E-state index in [1.807, 2.05) is 0 Å². The lowest BCUT2D eigenvalue weighted by Crippen LogP contribution is -2.21. The Hall–Kier alpha value is -0.930. The summed E-state index contributed by atoms with van der Waals surface area (Å²) in [6.07, 6.45) is -0.291. The van der Waals surface area contributed by atoms with Gasteiger partial charge in [0.05, 0.1) is 12.1 Å². The first-order valence-corrected chi connectivity index (χ1v) is 3.91. The molecule has 2 unspecified atom stereocenters. The van der Waals surface area contributed by atoms with Gasteiger partial charge in [-0.05, 0) is 17.2 Å². The molecule has 3 heteroatoms. The van der Waals surface area contributed by atoms with Gasteiger partial charge in [0.1, 0.15) is 5.82 Å². The van der Waals surface area contributed by atoms with Crippen molar-refractivity contribution in [2.24, 2.45) is 5.73 Å². The van der Waals surface area contributed by atoms with Crippen molar-refractivity contribution >= 4 is 0 Å². The van der Waals surface area contributed by atoms with Gasteiger partial charge in [-0.1, -0.05) is 12.1 Å². The highest BCUT2D eigenvalue weighted by Gasteiger charge is 2.29. The second kappa shape index (κ2) is 2.54. The molecule has 0 spiro atoms. The summed E-state index contributed by atoms with van der Waals surface area (Å²) in [6.45, 7) is 0. The Bertz CT molecular complexity index is 313. The normalized spacial score (nSPS) is 27.2. The lowest BCUT2D eigenvalue weighted by Gasteiger charge is -2.07. The van der Waals surface area contributed by atoms with Gasteiger partial charge in [-0.15, -0.1) is 0 Å². The van der Waals surface area contributed by atoms with E-state index in [2.05, 4.69) is 0 Å². The predicted octanol–water partition coefficient (Wildman–Crippen LogP) is 0.743. The van der Waals surface area contributed by atoms with Crippen LogP contribution in [0.15, 0.2) is 18.2 Å². The van der Waals surface area contributed by atoms with Gasteiger partial charge in [-0.25, -0.2) is 4.39 Å². The standard InChI is InChI=1S/C9H10FNO/c10-7-3-1-2-5-6(7)4-8(12)9(5)11/h1-3,8-9,12H,4,11H2. The molecule has 2 atom stereocenters. The highest BCUT2D eigenvalue weighted by atomic mass is 19.1. The Morgan fingerprint density at radius 2 is 2.25 bits per heavy atom. The Labute approximate surface area is 69.8 Å². The molecule has 2 nitrogen and oxygen atoms in total. The molecule has 0 saturated carbocycles. The highest BCUT2D eigenvalue weighted by Crippen LogP contribution is 2.30. The number of halogens is 1. The van der Waals surface area contributed by atoms with E-state index in [1.165, 1.54) is 6.07 Å². The molecule has 12 heavy (non-hydrogen) atoms. The molecular weight excluding hydrogens is 157 g/mol. The average molecular weight is 167 g/mol. The lowest BCUT2D eigenvalue weighted by atomic mass is 10.1. The molecule has 0 amide bonds. The van der Waals surface area contributed by atoms with Crippen LogP contribution in [0.5, 0.6) is 0 Å². The van der Waals surface area contributed by atoms with Crippen molar-refractivity contribution in [2.45, 2.75) is 18.6 Å². The third-order valence-corrected chi connectivity index (χ3v) is 2.34. The first-order chi connectivity index (χ1) is 5.70. The molecule has 2 rings (SSSR count). The van der Waals surface area contributed by atoms with Crippen LogP contribution in [0, 0.1) is 5.82 Å². The Morgan fingerprint density at radius 1 is 1.50 bits per heavy atom. The molecule has 0 saturated heterocycles. The number of nitrogens with two attached hydrogens (primary N) is 1. The van der Waals surface area contributed by atoms with Crippen molar-refractivity contribution in [2.75, 3.05) is 0 Å². The van der Waals surface area contributed by atoms with Crippen molar-refractivity contribution < 1.29 is 9.50 Å². The summed E-state index contributed by atoms with van der Waals surface area (Å²) in [5, 5.41) is 9.35. The highest BCUT2D eigenvalue weighted by molar-refractivity contribution is 5.37. The van der Waals surface area contributed by atoms with E-state index in [0.29, 0.717) is 12.0 Å². The van der Waals surface area contributed by atoms with Gasteiger partial charge in [-0.2, -0.15) is 0 Å². The number of aliphatic hydroxyl groups excluding tert-OH is 1. The zero-order valence-corrected chi connectivity index (χ0v) is 6.50. The summed E-state index contributed by atoms with van der Waals surface area (Å²) >= 11 is 0. The number of hydrogen-bond acceptors (Lipinski definition) is 2. The van der Waals surface area contributed by atoms with Crippen molar-refractivity contribution in [1.82, 2.24) is 0 Å². The number of aliphatic hydroxyl groups is 1. The smallest absolute Gasteiger partial charge is 0.126 e. The quantitative estimate of drug-likeness (QED) is 0.598. The Morgan fingerprint density at radius 3 is 2.92 bits per heavy atom. The van der Waals surface area contributed by atoms with Gasteiger partial charge in [-0.3, -0.25) is 0 Å².